The van der Waals surface area contributed by atoms with Crippen molar-refractivity contribution in [3.05, 3.63) is 69.8 Å². The summed E-state index contributed by atoms with van der Waals surface area (Å²) in [5.41, 5.74) is 5.52. The lowest BCUT2D eigenvalue weighted by Crippen LogP contribution is -2.44. The molecule has 0 unspecified atom stereocenters. The number of para-hydroxylation sites is 1. The molecule has 2 N–H and O–H groups in total. The van der Waals surface area contributed by atoms with Crippen LogP contribution in [0.1, 0.15) is 11.1 Å². The molecule has 0 saturated carbocycles. The Morgan fingerprint density at radius 1 is 1.08 bits per heavy atom. The lowest BCUT2D eigenvalue weighted by Gasteiger charge is -2.09. The number of nitrogens with zero attached hydrogens (tertiary/aromatic N) is 1. The number of nitrogens with one attached hydrogen (secondary N) is 2. The molecule has 0 bridgehead atoms. The quantitative estimate of drug-likeness (QED) is 0.612. The van der Waals surface area contributed by atoms with Gasteiger partial charge in [-0.05, 0) is 24.6 Å². The number of benzene rings is 2. The van der Waals surface area contributed by atoms with E-state index in [0.29, 0.717) is 5.75 Å². The van der Waals surface area contributed by atoms with Crippen molar-refractivity contribution in [1.29, 1.82) is 0 Å². The minimum absolute atomic E-state index is 0.147. The molecule has 0 radical (unpaired) electrons. The summed E-state index contributed by atoms with van der Waals surface area (Å²) >= 11 is 0. The van der Waals surface area contributed by atoms with Crippen LogP contribution < -0.4 is 15.6 Å². The molecule has 8 heteroatoms. The summed E-state index contributed by atoms with van der Waals surface area (Å²) in [5, 5.41) is 10.9. The van der Waals surface area contributed by atoms with Gasteiger partial charge in [0.05, 0.1) is 11.3 Å². The molecule has 0 atom stereocenters. The Labute approximate surface area is 143 Å². The van der Waals surface area contributed by atoms with Crippen molar-refractivity contribution in [3.63, 3.8) is 0 Å². The molecule has 0 fully saturated rings. The molecule has 0 saturated heterocycles. The molecule has 0 aliphatic heterocycles. The summed E-state index contributed by atoms with van der Waals surface area (Å²) in [6.07, 6.45) is -0.226. The molecule has 0 spiro atoms. The van der Waals surface area contributed by atoms with Crippen LogP contribution in [0.2, 0.25) is 0 Å². The van der Waals surface area contributed by atoms with E-state index < -0.39 is 16.7 Å². The maximum absolute atomic E-state index is 11.8. The second-order valence-electron chi connectivity index (χ2n) is 5.26. The molecule has 2 amide bonds. The van der Waals surface area contributed by atoms with E-state index in [9.17, 15) is 19.7 Å². The van der Waals surface area contributed by atoms with Crippen molar-refractivity contribution in [2.24, 2.45) is 0 Å². The third-order valence-corrected chi connectivity index (χ3v) is 3.24. The second kappa shape index (κ2) is 8.44. The van der Waals surface area contributed by atoms with Crippen molar-refractivity contribution >= 4 is 17.5 Å². The van der Waals surface area contributed by atoms with Gasteiger partial charge in [-0.3, -0.25) is 30.6 Å². The Balaban J connectivity index is 1.80. The molecule has 130 valence electrons. The molecule has 8 nitrogen and oxygen atoms in total. The highest BCUT2D eigenvalue weighted by atomic mass is 16.6. The Morgan fingerprint density at radius 3 is 2.52 bits per heavy atom. The van der Waals surface area contributed by atoms with Gasteiger partial charge in [0, 0.05) is 11.6 Å². The lowest BCUT2D eigenvalue weighted by atomic mass is 10.1. The largest absolute Gasteiger partial charge is 0.484 e. The highest BCUT2D eigenvalue weighted by molar-refractivity contribution is 5.84. The topological polar surface area (TPSA) is 111 Å². The van der Waals surface area contributed by atoms with E-state index in [1.165, 1.54) is 18.2 Å². The molecule has 0 aliphatic rings. The maximum Gasteiger partial charge on any atom is 0.276 e. The van der Waals surface area contributed by atoms with Gasteiger partial charge in [-0.2, -0.15) is 0 Å². The number of nitro benzene ring substituents is 1. The van der Waals surface area contributed by atoms with Crippen molar-refractivity contribution in [3.8, 4) is 5.75 Å². The van der Waals surface area contributed by atoms with E-state index in [0.717, 1.165) is 5.56 Å². The third-order valence-electron chi connectivity index (χ3n) is 3.24. The number of carbonyl (C=O) groups excluding carboxylic acids is 2. The zero-order valence-electron chi connectivity index (χ0n) is 13.5. The van der Waals surface area contributed by atoms with Crippen molar-refractivity contribution in [2.45, 2.75) is 13.3 Å². The van der Waals surface area contributed by atoms with Gasteiger partial charge >= 0.3 is 0 Å². The number of amides is 2. The Kier molecular flexibility index (Phi) is 6.05. The number of aryl methyl sites for hydroxylation is 1. The standard InChI is InChI=1S/C17H17N3O5/c1-12-5-4-7-14(9-12)25-11-17(22)19-18-16(21)10-13-6-2-3-8-15(13)20(23)24/h2-9H,10-11H2,1H3,(H,18,21)(H,19,22). The van der Waals surface area contributed by atoms with Crippen LogP contribution in [0.5, 0.6) is 5.75 Å². The van der Waals surface area contributed by atoms with E-state index in [1.54, 1.807) is 24.3 Å². The van der Waals surface area contributed by atoms with Gasteiger partial charge in [0.15, 0.2) is 6.61 Å². The number of hydrazine groups is 1. The number of rotatable bonds is 6. The first-order chi connectivity index (χ1) is 12.0. The fourth-order valence-electron chi connectivity index (χ4n) is 2.09. The minimum atomic E-state index is -0.571. The van der Waals surface area contributed by atoms with Gasteiger partial charge in [-0.15, -0.1) is 0 Å². The fraction of sp³-hybridized carbons (Fsp3) is 0.176. The van der Waals surface area contributed by atoms with Gasteiger partial charge in [-0.25, -0.2) is 0 Å². The van der Waals surface area contributed by atoms with Crippen LogP contribution in [0.4, 0.5) is 5.69 Å². The average molecular weight is 343 g/mol. The predicted octanol–water partition coefficient (Wildman–Crippen LogP) is 1.67. The van der Waals surface area contributed by atoms with Crippen LogP contribution in [0.25, 0.3) is 0 Å². The number of ether oxygens (including phenoxy) is 1. The third kappa shape index (κ3) is 5.61. The van der Waals surface area contributed by atoms with E-state index in [1.807, 2.05) is 13.0 Å². The van der Waals surface area contributed by atoms with E-state index in [-0.39, 0.29) is 24.3 Å². The summed E-state index contributed by atoms with van der Waals surface area (Å²) in [6, 6.07) is 13.1. The fourth-order valence-corrected chi connectivity index (χ4v) is 2.09. The second-order valence-corrected chi connectivity index (χ2v) is 5.26. The molecular weight excluding hydrogens is 326 g/mol. The highest BCUT2D eigenvalue weighted by Gasteiger charge is 2.15. The van der Waals surface area contributed by atoms with Crippen molar-refractivity contribution in [2.75, 3.05) is 6.61 Å². The summed E-state index contributed by atoms with van der Waals surface area (Å²) in [6.45, 7) is 1.63. The zero-order chi connectivity index (χ0) is 18.2. The van der Waals surface area contributed by atoms with Gasteiger partial charge in [0.2, 0.25) is 5.91 Å². The van der Waals surface area contributed by atoms with Crippen LogP contribution in [-0.4, -0.2) is 23.3 Å². The van der Waals surface area contributed by atoms with Crippen LogP contribution in [-0.2, 0) is 16.0 Å². The molecule has 0 heterocycles. The van der Waals surface area contributed by atoms with E-state index >= 15 is 0 Å². The number of carbonyl (C=O) groups is 2. The number of hydrogen-bond acceptors (Lipinski definition) is 5. The normalized spacial score (nSPS) is 9.96. The Bertz CT molecular complexity index is 791. The summed E-state index contributed by atoms with van der Waals surface area (Å²) in [7, 11) is 0. The Hall–Kier alpha value is -3.42. The monoisotopic (exact) mass is 343 g/mol. The molecule has 25 heavy (non-hydrogen) atoms. The average Bonchev–Trinajstić information content (AvgIpc) is 2.58. The van der Waals surface area contributed by atoms with Crippen LogP contribution >= 0.6 is 0 Å². The smallest absolute Gasteiger partial charge is 0.276 e. The summed E-state index contributed by atoms with van der Waals surface area (Å²) < 4.78 is 5.30. The first-order valence-electron chi connectivity index (χ1n) is 7.45. The van der Waals surface area contributed by atoms with Crippen LogP contribution in [0.3, 0.4) is 0 Å². The Morgan fingerprint density at radius 2 is 1.80 bits per heavy atom. The molecule has 2 aromatic carbocycles. The van der Waals surface area contributed by atoms with E-state index in [4.69, 9.17) is 4.74 Å². The van der Waals surface area contributed by atoms with Crippen molar-refractivity contribution in [1.82, 2.24) is 10.9 Å². The zero-order valence-corrected chi connectivity index (χ0v) is 13.5. The lowest BCUT2D eigenvalue weighted by molar-refractivity contribution is -0.385. The van der Waals surface area contributed by atoms with Gasteiger partial charge in [0.25, 0.3) is 11.6 Å². The molecular formula is C17H17N3O5. The molecule has 2 rings (SSSR count). The van der Waals surface area contributed by atoms with Gasteiger partial charge < -0.3 is 4.74 Å². The summed E-state index contributed by atoms with van der Waals surface area (Å²) in [4.78, 5) is 33.8. The van der Waals surface area contributed by atoms with E-state index in [2.05, 4.69) is 10.9 Å². The predicted molar refractivity (Wildman–Crippen MR) is 89.8 cm³/mol. The van der Waals surface area contributed by atoms with Gasteiger partial charge in [-0.1, -0.05) is 30.3 Å². The molecule has 0 aliphatic carbocycles. The van der Waals surface area contributed by atoms with Crippen LogP contribution in [0.15, 0.2) is 48.5 Å². The molecule has 0 aromatic heterocycles. The van der Waals surface area contributed by atoms with Crippen LogP contribution in [0, 0.1) is 17.0 Å². The number of nitro groups is 1. The maximum atomic E-state index is 11.8. The van der Waals surface area contributed by atoms with Crippen molar-refractivity contribution < 1.29 is 19.2 Å². The highest BCUT2D eigenvalue weighted by Crippen LogP contribution is 2.17. The first-order valence-corrected chi connectivity index (χ1v) is 7.45. The summed E-state index contributed by atoms with van der Waals surface area (Å²) in [5.74, 6) is -0.572. The molecule has 2 aromatic rings. The minimum Gasteiger partial charge on any atom is -0.484 e. The first kappa shape index (κ1) is 17.9. The van der Waals surface area contributed by atoms with Gasteiger partial charge in [0.1, 0.15) is 5.75 Å². The number of hydrogen-bond donors (Lipinski definition) is 2. The SMILES string of the molecule is Cc1cccc(OCC(=O)NNC(=O)Cc2ccccc2[N+](=O)[O-])c1.